The van der Waals surface area contributed by atoms with Gasteiger partial charge in [-0.25, -0.2) is 4.57 Å². The molecule has 3 atom stereocenters. The Morgan fingerprint density at radius 1 is 0.623 bits per heavy atom. The second-order valence-corrected chi connectivity index (χ2v) is 18.3. The van der Waals surface area contributed by atoms with Crippen LogP contribution in [-0.2, 0) is 18.4 Å². The number of rotatable bonds is 41. The number of carbonyl (C=O) groups excluding carboxylic acids is 1. The van der Waals surface area contributed by atoms with Crippen molar-refractivity contribution < 1.29 is 32.9 Å². The molecule has 0 bridgehead atoms. The zero-order valence-electron chi connectivity index (χ0n) is 35.8. The van der Waals surface area contributed by atoms with E-state index in [2.05, 4.69) is 12.2 Å². The molecule has 0 fully saturated rings. The molecule has 9 heteroatoms. The molecule has 0 rings (SSSR count). The van der Waals surface area contributed by atoms with Crippen LogP contribution in [0.2, 0.25) is 0 Å². The van der Waals surface area contributed by atoms with Crippen LogP contribution < -0.4 is 5.32 Å². The van der Waals surface area contributed by atoms with E-state index in [1.54, 1.807) is 6.08 Å². The number of aliphatic hydroxyl groups is 1. The zero-order chi connectivity index (χ0) is 39.3. The van der Waals surface area contributed by atoms with Crippen molar-refractivity contribution in [2.24, 2.45) is 0 Å². The number of quaternary nitrogens is 1. The number of unbranched alkanes of at least 4 members (excludes halogenated alkanes) is 30. The van der Waals surface area contributed by atoms with E-state index in [9.17, 15) is 19.4 Å². The summed E-state index contributed by atoms with van der Waals surface area (Å²) in [6.07, 6.45) is 45.2. The lowest BCUT2D eigenvalue weighted by Crippen LogP contribution is -2.44. The van der Waals surface area contributed by atoms with Crippen LogP contribution in [0, 0.1) is 0 Å². The van der Waals surface area contributed by atoms with Crippen LogP contribution in [-0.4, -0.2) is 73.4 Å². The van der Waals surface area contributed by atoms with E-state index in [0.717, 1.165) is 19.3 Å². The van der Waals surface area contributed by atoms with Crippen molar-refractivity contribution in [1.82, 2.24) is 5.32 Å². The molecule has 0 aliphatic carbocycles. The Hall–Kier alpha value is -0.760. The third-order valence-electron chi connectivity index (χ3n) is 10.3. The van der Waals surface area contributed by atoms with Crippen LogP contribution in [0.25, 0.3) is 0 Å². The van der Waals surface area contributed by atoms with Gasteiger partial charge in [-0.05, 0) is 12.8 Å². The first-order valence-electron chi connectivity index (χ1n) is 22.5. The van der Waals surface area contributed by atoms with Gasteiger partial charge >= 0.3 is 7.82 Å². The molecule has 0 radical (unpaired) electrons. The zero-order valence-corrected chi connectivity index (χ0v) is 36.7. The van der Waals surface area contributed by atoms with Gasteiger partial charge in [-0.1, -0.05) is 205 Å². The first-order valence-corrected chi connectivity index (χ1v) is 24.0. The van der Waals surface area contributed by atoms with E-state index in [4.69, 9.17) is 9.05 Å². The molecule has 3 N–H and O–H groups in total. The van der Waals surface area contributed by atoms with Gasteiger partial charge < -0.3 is 19.8 Å². The van der Waals surface area contributed by atoms with Gasteiger partial charge in [0.15, 0.2) is 0 Å². The lowest BCUT2D eigenvalue weighted by atomic mass is 10.0. The number of allylic oxidation sites excluding steroid dienone is 1. The minimum atomic E-state index is -4.29. The number of carbonyl (C=O) groups is 1. The summed E-state index contributed by atoms with van der Waals surface area (Å²) >= 11 is 0. The van der Waals surface area contributed by atoms with Gasteiger partial charge in [0.1, 0.15) is 13.2 Å². The SMILES string of the molecule is CCCCCCCCCCCCCCCCCCCCCCCCCCCCCCCC/C=C/C(O)C(COP(=O)(O)OCC[N+](C)(C)C)NC(C)=O. The van der Waals surface area contributed by atoms with Gasteiger partial charge in [0, 0.05) is 6.92 Å². The number of amides is 1. The molecule has 3 unspecified atom stereocenters. The molecule has 8 nitrogen and oxygen atoms in total. The summed E-state index contributed by atoms with van der Waals surface area (Å²) in [7, 11) is 1.57. The van der Waals surface area contributed by atoms with E-state index >= 15 is 0 Å². The Morgan fingerprint density at radius 2 is 0.962 bits per heavy atom. The Morgan fingerprint density at radius 3 is 1.28 bits per heavy atom. The Balaban J connectivity index is 3.55. The van der Waals surface area contributed by atoms with Crippen molar-refractivity contribution in [2.45, 2.75) is 225 Å². The van der Waals surface area contributed by atoms with E-state index in [1.807, 2.05) is 27.2 Å². The molecule has 53 heavy (non-hydrogen) atoms. The van der Waals surface area contributed by atoms with Gasteiger partial charge in [0.25, 0.3) is 0 Å². The van der Waals surface area contributed by atoms with Gasteiger partial charge in [-0.15, -0.1) is 0 Å². The van der Waals surface area contributed by atoms with Crippen LogP contribution in [0.15, 0.2) is 12.2 Å². The standard InChI is InChI=1S/C44H89N2O6P/c1-6-7-8-9-10-11-12-13-14-15-16-17-18-19-20-21-22-23-24-25-26-27-28-29-30-31-32-33-34-35-36-37-38-44(48)43(45-42(2)47)41-52-53(49,50)51-40-39-46(3,4)5/h37-38,43-44,48H,6-36,39-41H2,1-5H3,(H-,45,47,49,50)/p+1/b38-37+. The minimum Gasteiger partial charge on any atom is -0.387 e. The highest BCUT2D eigenvalue weighted by Crippen LogP contribution is 2.43. The maximum atomic E-state index is 12.2. The first kappa shape index (κ1) is 52.2. The Labute approximate surface area is 329 Å². The molecule has 316 valence electrons. The summed E-state index contributed by atoms with van der Waals surface area (Å²) in [5.41, 5.74) is 0. The number of nitrogens with one attached hydrogen (secondary N) is 1. The van der Waals surface area contributed by atoms with E-state index in [0.29, 0.717) is 11.0 Å². The predicted octanol–water partition coefficient (Wildman–Crippen LogP) is 12.4. The second-order valence-electron chi connectivity index (χ2n) is 16.9. The quantitative estimate of drug-likeness (QED) is 0.0247. The van der Waals surface area contributed by atoms with Gasteiger partial charge in [0.05, 0.1) is 39.9 Å². The average molecular weight is 774 g/mol. The lowest BCUT2D eigenvalue weighted by molar-refractivity contribution is -0.870. The summed E-state index contributed by atoms with van der Waals surface area (Å²) in [5.74, 6) is -0.351. The largest absolute Gasteiger partial charge is 0.472 e. The highest BCUT2D eigenvalue weighted by molar-refractivity contribution is 7.47. The van der Waals surface area contributed by atoms with E-state index in [1.165, 1.54) is 187 Å². The number of aliphatic hydroxyl groups excluding tert-OH is 1. The third-order valence-corrected chi connectivity index (χ3v) is 11.3. The Kier molecular flexibility index (Phi) is 36.3. The molecule has 0 saturated carbocycles. The molecule has 0 aromatic heterocycles. The molecular weight excluding hydrogens is 683 g/mol. The van der Waals surface area contributed by atoms with Crippen molar-refractivity contribution in [3.8, 4) is 0 Å². The van der Waals surface area contributed by atoms with Crippen molar-refractivity contribution in [3.05, 3.63) is 12.2 Å². The number of likely N-dealkylation sites (N-methyl/N-ethyl adjacent to an activating group) is 1. The van der Waals surface area contributed by atoms with E-state index < -0.39 is 20.0 Å². The van der Waals surface area contributed by atoms with Crippen LogP contribution in [0.1, 0.15) is 213 Å². The number of phosphoric acid groups is 1. The maximum Gasteiger partial charge on any atom is 0.472 e. The van der Waals surface area contributed by atoms with Gasteiger partial charge in [-0.2, -0.15) is 0 Å². The van der Waals surface area contributed by atoms with Crippen molar-refractivity contribution in [3.63, 3.8) is 0 Å². The molecule has 0 aromatic rings. The fourth-order valence-electron chi connectivity index (χ4n) is 6.78. The first-order chi connectivity index (χ1) is 25.5. The number of phosphoric ester groups is 1. The van der Waals surface area contributed by atoms with Crippen molar-refractivity contribution in [1.29, 1.82) is 0 Å². The smallest absolute Gasteiger partial charge is 0.387 e. The number of nitrogens with zero attached hydrogens (tertiary/aromatic N) is 1. The van der Waals surface area contributed by atoms with Crippen LogP contribution >= 0.6 is 7.82 Å². The van der Waals surface area contributed by atoms with Crippen molar-refractivity contribution in [2.75, 3.05) is 40.9 Å². The third kappa shape index (κ3) is 40.7. The summed E-state index contributed by atoms with van der Waals surface area (Å²) < 4.78 is 22.9. The van der Waals surface area contributed by atoms with Crippen LogP contribution in [0.4, 0.5) is 0 Å². The van der Waals surface area contributed by atoms with E-state index in [-0.39, 0.29) is 19.1 Å². The van der Waals surface area contributed by atoms with Gasteiger partial charge in [-0.3, -0.25) is 13.8 Å². The predicted molar refractivity (Wildman–Crippen MR) is 226 cm³/mol. The van der Waals surface area contributed by atoms with Gasteiger partial charge in [0.2, 0.25) is 5.91 Å². The summed E-state index contributed by atoms with van der Waals surface area (Å²) in [6, 6.07) is -0.843. The lowest BCUT2D eigenvalue weighted by Gasteiger charge is -2.25. The molecule has 0 heterocycles. The summed E-state index contributed by atoms with van der Waals surface area (Å²) in [5, 5.41) is 13.2. The molecule has 0 aromatic carbocycles. The van der Waals surface area contributed by atoms with Crippen LogP contribution in [0.3, 0.4) is 0 Å². The number of hydrogen-bond acceptors (Lipinski definition) is 5. The van der Waals surface area contributed by atoms with Crippen molar-refractivity contribution >= 4 is 13.7 Å². The summed E-state index contributed by atoms with van der Waals surface area (Å²) in [4.78, 5) is 21.6. The molecule has 0 aliphatic rings. The maximum absolute atomic E-state index is 12.2. The molecule has 0 spiro atoms. The molecular formula is C44H90N2O6P+. The number of hydrogen-bond donors (Lipinski definition) is 3. The second kappa shape index (κ2) is 36.9. The highest BCUT2D eigenvalue weighted by Gasteiger charge is 2.27. The average Bonchev–Trinajstić information content (AvgIpc) is 3.09. The Bertz CT molecular complexity index is 880. The minimum absolute atomic E-state index is 0.0598. The molecule has 0 aliphatic heterocycles. The fraction of sp³-hybridized carbons (Fsp3) is 0.932. The fourth-order valence-corrected chi connectivity index (χ4v) is 7.52. The van der Waals surface area contributed by atoms with Crippen LogP contribution in [0.5, 0.6) is 0 Å². The topological polar surface area (TPSA) is 105 Å². The monoisotopic (exact) mass is 774 g/mol. The molecule has 1 amide bonds. The highest BCUT2D eigenvalue weighted by atomic mass is 31.2. The summed E-state index contributed by atoms with van der Waals surface area (Å²) in [6.45, 7) is 3.90. The molecule has 0 saturated heterocycles. The normalized spacial score (nSPS) is 14.5.